The van der Waals surface area contributed by atoms with Gasteiger partial charge in [-0.3, -0.25) is 0 Å². The zero-order valence-corrected chi connectivity index (χ0v) is 9.76. The van der Waals surface area contributed by atoms with Gasteiger partial charge in [0.1, 0.15) is 0 Å². The molecule has 0 aromatic carbocycles. The monoisotopic (exact) mass is 187 g/mol. The molecule has 0 aliphatic carbocycles. The summed E-state index contributed by atoms with van der Waals surface area (Å²) in [4.78, 5) is 0. The smallest absolute Gasteiger partial charge is 0.0622 e. The number of nitrogens with one attached hydrogen (secondary N) is 1. The Labute approximate surface area is 83.1 Å². The van der Waals surface area contributed by atoms with E-state index in [1.165, 1.54) is 6.42 Å². The van der Waals surface area contributed by atoms with Crippen LogP contribution in [0.2, 0.25) is 0 Å². The van der Waals surface area contributed by atoms with Gasteiger partial charge in [-0.15, -0.1) is 0 Å². The van der Waals surface area contributed by atoms with Crippen molar-refractivity contribution in [3.05, 3.63) is 0 Å². The molecule has 2 heteroatoms. The van der Waals surface area contributed by atoms with E-state index in [1.807, 2.05) is 7.05 Å². The van der Waals surface area contributed by atoms with Crippen LogP contribution in [0.4, 0.5) is 0 Å². The highest BCUT2D eigenvalue weighted by atomic mass is 16.5. The van der Waals surface area contributed by atoms with E-state index in [0.717, 1.165) is 13.2 Å². The molecule has 0 saturated carbocycles. The first-order valence-electron chi connectivity index (χ1n) is 5.36. The zero-order chi connectivity index (χ0) is 10.3. The van der Waals surface area contributed by atoms with Crippen LogP contribution in [-0.2, 0) is 4.74 Å². The first-order valence-corrected chi connectivity index (χ1v) is 5.36. The highest BCUT2D eigenvalue weighted by molar-refractivity contribution is 4.69. The van der Waals surface area contributed by atoms with E-state index in [9.17, 15) is 0 Å². The zero-order valence-electron chi connectivity index (χ0n) is 9.76. The SMILES string of the molecule is CCC(C)C(COCC(C)C)NC. The molecule has 0 aliphatic rings. The van der Waals surface area contributed by atoms with Crippen molar-refractivity contribution in [1.82, 2.24) is 5.32 Å². The molecule has 1 N–H and O–H groups in total. The van der Waals surface area contributed by atoms with Gasteiger partial charge in [0.05, 0.1) is 6.61 Å². The number of hydrogen-bond donors (Lipinski definition) is 1. The minimum Gasteiger partial charge on any atom is -0.380 e. The summed E-state index contributed by atoms with van der Waals surface area (Å²) < 4.78 is 5.61. The van der Waals surface area contributed by atoms with Gasteiger partial charge in [0, 0.05) is 12.6 Å². The average Bonchev–Trinajstić information content (AvgIpc) is 2.11. The highest BCUT2D eigenvalue weighted by Gasteiger charge is 2.13. The van der Waals surface area contributed by atoms with Crippen LogP contribution < -0.4 is 5.32 Å². The second-order valence-corrected chi connectivity index (χ2v) is 4.21. The van der Waals surface area contributed by atoms with Gasteiger partial charge in [0.15, 0.2) is 0 Å². The molecule has 0 heterocycles. The summed E-state index contributed by atoms with van der Waals surface area (Å²) in [5, 5.41) is 3.30. The van der Waals surface area contributed by atoms with E-state index in [4.69, 9.17) is 4.74 Å². The van der Waals surface area contributed by atoms with Crippen LogP contribution in [0.5, 0.6) is 0 Å². The molecule has 0 aromatic heterocycles. The lowest BCUT2D eigenvalue weighted by Crippen LogP contribution is -2.36. The van der Waals surface area contributed by atoms with Gasteiger partial charge in [-0.1, -0.05) is 34.1 Å². The van der Waals surface area contributed by atoms with Crippen molar-refractivity contribution in [2.75, 3.05) is 20.3 Å². The fraction of sp³-hybridized carbons (Fsp3) is 1.00. The molecular formula is C11H25NO. The fourth-order valence-corrected chi connectivity index (χ4v) is 1.25. The van der Waals surface area contributed by atoms with Gasteiger partial charge in [-0.2, -0.15) is 0 Å². The van der Waals surface area contributed by atoms with Crippen LogP contribution in [0.3, 0.4) is 0 Å². The van der Waals surface area contributed by atoms with Crippen molar-refractivity contribution in [1.29, 1.82) is 0 Å². The second kappa shape index (κ2) is 7.34. The summed E-state index contributed by atoms with van der Waals surface area (Å²) in [7, 11) is 2.01. The van der Waals surface area contributed by atoms with E-state index in [-0.39, 0.29) is 0 Å². The topological polar surface area (TPSA) is 21.3 Å². The van der Waals surface area contributed by atoms with E-state index < -0.39 is 0 Å². The Balaban J connectivity index is 3.59. The van der Waals surface area contributed by atoms with Gasteiger partial charge in [0.2, 0.25) is 0 Å². The quantitative estimate of drug-likeness (QED) is 0.660. The molecule has 0 spiro atoms. The van der Waals surface area contributed by atoms with Crippen LogP contribution in [-0.4, -0.2) is 26.3 Å². The number of ether oxygens (including phenoxy) is 1. The van der Waals surface area contributed by atoms with E-state index in [2.05, 4.69) is 33.0 Å². The Hall–Kier alpha value is -0.0800. The van der Waals surface area contributed by atoms with E-state index in [0.29, 0.717) is 17.9 Å². The summed E-state index contributed by atoms with van der Waals surface area (Å²) in [5.74, 6) is 1.33. The van der Waals surface area contributed by atoms with Crippen molar-refractivity contribution in [3.8, 4) is 0 Å². The van der Waals surface area contributed by atoms with Crippen molar-refractivity contribution in [2.45, 2.75) is 40.2 Å². The third-order valence-electron chi connectivity index (χ3n) is 2.45. The molecule has 2 unspecified atom stereocenters. The molecule has 0 rings (SSSR count). The maximum atomic E-state index is 5.61. The van der Waals surface area contributed by atoms with Crippen molar-refractivity contribution in [2.24, 2.45) is 11.8 Å². The first kappa shape index (κ1) is 12.9. The molecule has 2 nitrogen and oxygen atoms in total. The lowest BCUT2D eigenvalue weighted by molar-refractivity contribution is 0.0786. The van der Waals surface area contributed by atoms with E-state index in [1.54, 1.807) is 0 Å². The molecule has 0 amide bonds. The molecule has 0 fully saturated rings. The number of rotatable bonds is 7. The molecule has 0 radical (unpaired) electrons. The molecule has 0 saturated heterocycles. The molecule has 0 aliphatic heterocycles. The van der Waals surface area contributed by atoms with Crippen LogP contribution in [0, 0.1) is 11.8 Å². The van der Waals surface area contributed by atoms with Gasteiger partial charge < -0.3 is 10.1 Å². The molecule has 2 atom stereocenters. The maximum Gasteiger partial charge on any atom is 0.0622 e. The molecule has 80 valence electrons. The van der Waals surface area contributed by atoms with Crippen molar-refractivity contribution < 1.29 is 4.74 Å². The third-order valence-corrected chi connectivity index (χ3v) is 2.45. The largest absolute Gasteiger partial charge is 0.380 e. The van der Waals surface area contributed by atoms with Gasteiger partial charge in [0.25, 0.3) is 0 Å². The molecular weight excluding hydrogens is 162 g/mol. The Morgan fingerprint density at radius 2 is 1.77 bits per heavy atom. The predicted molar refractivity (Wildman–Crippen MR) is 58.0 cm³/mol. The molecule has 13 heavy (non-hydrogen) atoms. The van der Waals surface area contributed by atoms with Crippen molar-refractivity contribution in [3.63, 3.8) is 0 Å². The third kappa shape index (κ3) is 6.05. The summed E-state index contributed by atoms with van der Waals surface area (Å²) in [6, 6.07) is 0.503. The van der Waals surface area contributed by atoms with Gasteiger partial charge >= 0.3 is 0 Å². The van der Waals surface area contributed by atoms with Crippen LogP contribution in [0.1, 0.15) is 34.1 Å². The van der Waals surface area contributed by atoms with Crippen LogP contribution >= 0.6 is 0 Å². The van der Waals surface area contributed by atoms with Crippen LogP contribution in [0.25, 0.3) is 0 Å². The Morgan fingerprint density at radius 1 is 1.15 bits per heavy atom. The van der Waals surface area contributed by atoms with Gasteiger partial charge in [-0.05, 0) is 18.9 Å². The minimum absolute atomic E-state index is 0.503. The summed E-state index contributed by atoms with van der Waals surface area (Å²) in [5.41, 5.74) is 0. The van der Waals surface area contributed by atoms with Crippen molar-refractivity contribution >= 4 is 0 Å². The normalized spacial score (nSPS) is 16.2. The summed E-state index contributed by atoms with van der Waals surface area (Å²) in [6.45, 7) is 10.5. The second-order valence-electron chi connectivity index (χ2n) is 4.21. The minimum atomic E-state index is 0.503. The summed E-state index contributed by atoms with van der Waals surface area (Å²) in [6.07, 6.45) is 1.20. The standard InChI is InChI=1S/C11H25NO/c1-6-10(4)11(12-5)8-13-7-9(2)3/h9-12H,6-8H2,1-5H3. The first-order chi connectivity index (χ1) is 6.11. The maximum absolute atomic E-state index is 5.61. The predicted octanol–water partition coefficient (Wildman–Crippen LogP) is 2.29. The van der Waals surface area contributed by atoms with E-state index >= 15 is 0 Å². The molecule has 0 bridgehead atoms. The number of hydrogen-bond acceptors (Lipinski definition) is 2. The lowest BCUT2D eigenvalue weighted by atomic mass is 10.0. The highest BCUT2D eigenvalue weighted by Crippen LogP contribution is 2.07. The Bertz CT molecular complexity index is 115. The average molecular weight is 187 g/mol. The lowest BCUT2D eigenvalue weighted by Gasteiger charge is -2.22. The summed E-state index contributed by atoms with van der Waals surface area (Å²) >= 11 is 0. The Morgan fingerprint density at radius 3 is 2.15 bits per heavy atom. The Kier molecular flexibility index (Phi) is 7.29. The molecule has 0 aromatic rings. The number of likely N-dealkylation sites (N-methyl/N-ethyl adjacent to an activating group) is 1. The van der Waals surface area contributed by atoms with Gasteiger partial charge in [-0.25, -0.2) is 0 Å². The van der Waals surface area contributed by atoms with Crippen LogP contribution in [0.15, 0.2) is 0 Å². The fourth-order valence-electron chi connectivity index (χ4n) is 1.25.